The van der Waals surface area contributed by atoms with Gasteiger partial charge in [-0.05, 0) is 80.8 Å². The number of benzene rings is 6. The van der Waals surface area contributed by atoms with Crippen molar-refractivity contribution in [2.45, 2.75) is 190 Å². The van der Waals surface area contributed by atoms with Gasteiger partial charge in [0.25, 0.3) is 11.8 Å². The lowest BCUT2D eigenvalue weighted by atomic mass is 9.44. The second-order valence-corrected chi connectivity index (χ2v) is 30.8. The van der Waals surface area contributed by atoms with Crippen LogP contribution in [0.15, 0.2) is 145 Å². The third-order valence-electron chi connectivity index (χ3n) is 23.8. The summed E-state index contributed by atoms with van der Waals surface area (Å²) in [6.07, 6.45) is -21.0. The quantitative estimate of drug-likeness (QED) is 0.0121. The Morgan fingerprint density at radius 2 is 1.31 bits per heavy atom. The van der Waals surface area contributed by atoms with E-state index < -0.39 is 245 Å². The van der Waals surface area contributed by atoms with Crippen LogP contribution in [0.5, 0.6) is 17.2 Å². The number of esters is 5. The molecular weight excluding hydrogens is 1480 g/mol. The molecule has 2 saturated heterocycles. The van der Waals surface area contributed by atoms with Crippen LogP contribution in [0.2, 0.25) is 0 Å². The Hall–Kier alpha value is -11.2. The Morgan fingerprint density at radius 1 is 0.675 bits per heavy atom. The van der Waals surface area contributed by atoms with Crippen LogP contribution in [0.1, 0.15) is 196 Å². The summed E-state index contributed by atoms with van der Waals surface area (Å²) < 4.78 is 55.7. The minimum absolute atomic E-state index is 0.000657. The van der Waals surface area contributed by atoms with Gasteiger partial charge in [0.1, 0.15) is 59.0 Å². The van der Waals surface area contributed by atoms with Gasteiger partial charge in [0.15, 0.2) is 47.2 Å². The molecule has 0 radical (unpaired) electrons. The Kier molecular flexibility index (Phi) is 22.0. The molecular formula is C85H86N2O27. The highest BCUT2D eigenvalue weighted by Crippen LogP contribution is 2.65. The normalized spacial score (nSPS) is 28.9. The Morgan fingerprint density at radius 3 is 1.93 bits per heavy atom. The summed E-state index contributed by atoms with van der Waals surface area (Å²) in [5.74, 6) is -15.0. The minimum atomic E-state index is -2.65. The van der Waals surface area contributed by atoms with Crippen LogP contribution in [-0.4, -0.2) is 193 Å². The number of phenolic OH excluding ortho intramolecular Hbond substituents is 2. The average Bonchev–Trinajstić information content (AvgIpc) is 0.666. The average molecular weight is 1570 g/mol. The molecule has 29 heteroatoms. The fourth-order valence-electron chi connectivity index (χ4n) is 17.8. The van der Waals surface area contributed by atoms with Crippen molar-refractivity contribution >= 4 is 70.6 Å². The van der Waals surface area contributed by atoms with Crippen molar-refractivity contribution < 1.29 is 131 Å². The predicted molar refractivity (Wildman–Crippen MR) is 395 cm³/mol. The van der Waals surface area contributed by atoms with Gasteiger partial charge in [-0.25, -0.2) is 9.59 Å². The molecule has 2 bridgehead atoms. The van der Waals surface area contributed by atoms with Crippen molar-refractivity contribution in [3.05, 3.63) is 206 Å². The number of aromatic hydroxyl groups is 2. The third-order valence-corrected chi connectivity index (χ3v) is 23.8. The zero-order valence-corrected chi connectivity index (χ0v) is 63.6. The number of aliphatic hydroxyl groups excluding tert-OH is 2. The second kappa shape index (κ2) is 31.0. The molecule has 0 unspecified atom stereocenters. The number of nitrogens with one attached hydrogen (secondary N) is 2. The summed E-state index contributed by atoms with van der Waals surface area (Å²) in [5, 5.41) is 79.5. The molecule has 6 aromatic carbocycles. The molecule has 0 spiro atoms. The van der Waals surface area contributed by atoms with Gasteiger partial charge >= 0.3 is 29.8 Å². The van der Waals surface area contributed by atoms with Crippen LogP contribution in [0.3, 0.4) is 0 Å². The molecule has 598 valence electrons. The summed E-state index contributed by atoms with van der Waals surface area (Å²) in [4.78, 5) is 174. The van der Waals surface area contributed by atoms with E-state index in [-0.39, 0.29) is 73.4 Å². The van der Waals surface area contributed by atoms with E-state index in [2.05, 4.69) is 10.6 Å². The molecule has 2 amide bonds. The van der Waals surface area contributed by atoms with Gasteiger partial charge < -0.3 is 83.9 Å². The first-order valence-electron chi connectivity index (χ1n) is 37.2. The molecule has 7 aliphatic rings. The summed E-state index contributed by atoms with van der Waals surface area (Å²) >= 11 is 0. The number of carbonyl (C=O) groups excluding carboxylic acids is 12. The van der Waals surface area contributed by atoms with Crippen molar-refractivity contribution in [1.29, 1.82) is 0 Å². The minimum Gasteiger partial charge on any atom is -0.507 e. The molecule has 29 nitrogen and oxygen atoms in total. The van der Waals surface area contributed by atoms with E-state index in [0.29, 0.717) is 0 Å². The SMILES string of the molecule is COc1cccc2c1C(=O)c1c(O)c3c(c(O)c1C2=O)C[C@@](O)(C(C)=O)C[C@@H]3O[C@H]1C[C@H](NC(=O)c2ccccc2C(=O)CCC(=O)O[C@H]2C[C@H]3OC[C@@]3(OC(C)=O)[C@H]3[C@H](OC(=O)c4ccccc4)[C@]4(O)C[C@H](OC(=O)[C@H](O)[C@@H](NC(=O)c5ccccc5)c5ccccc5)C(C)=C([C@@H](OC(C)=O)C(=O)[C@]23C)C4(C)C)[C@H](O)[C@H](C)O1. The van der Waals surface area contributed by atoms with Gasteiger partial charge in [0.2, 0.25) is 5.78 Å². The number of Topliss-reactive ketones (excluding diaryl/α,β-unsaturated/α-hetero) is 3. The van der Waals surface area contributed by atoms with Crippen molar-refractivity contribution in [2.75, 3.05) is 13.7 Å². The molecule has 17 atom stereocenters. The summed E-state index contributed by atoms with van der Waals surface area (Å²) in [6, 6.07) is 30.4. The van der Waals surface area contributed by atoms with Crippen LogP contribution >= 0.6 is 0 Å². The molecule has 2 aliphatic heterocycles. The third kappa shape index (κ3) is 14.0. The maximum Gasteiger partial charge on any atom is 0.338 e. The number of carbonyl (C=O) groups is 12. The number of amides is 2. The number of hydrogen-bond donors (Lipinski definition) is 8. The van der Waals surface area contributed by atoms with E-state index in [0.717, 1.165) is 20.8 Å². The molecule has 6 aromatic rings. The zero-order valence-electron chi connectivity index (χ0n) is 63.6. The molecule has 2 heterocycles. The monoisotopic (exact) mass is 1570 g/mol. The molecule has 4 fully saturated rings. The fraction of sp³-hybridized carbons (Fsp3) is 0.412. The van der Waals surface area contributed by atoms with Crippen LogP contribution < -0.4 is 15.4 Å². The number of ketones is 5. The van der Waals surface area contributed by atoms with Gasteiger partial charge in [0, 0.05) is 85.6 Å². The van der Waals surface area contributed by atoms with Crippen LogP contribution in [-0.2, 0) is 73.1 Å². The predicted octanol–water partition coefficient (Wildman–Crippen LogP) is 6.76. The molecule has 5 aliphatic carbocycles. The van der Waals surface area contributed by atoms with E-state index in [4.69, 9.17) is 42.6 Å². The van der Waals surface area contributed by atoms with Gasteiger partial charge in [-0.15, -0.1) is 0 Å². The number of ether oxygens (including phenoxy) is 9. The van der Waals surface area contributed by atoms with E-state index in [1.165, 1.54) is 121 Å². The topological polar surface area (TPSA) is 433 Å². The van der Waals surface area contributed by atoms with Crippen molar-refractivity contribution in [1.82, 2.24) is 10.6 Å². The maximum atomic E-state index is 16.7. The fourth-order valence-corrected chi connectivity index (χ4v) is 17.8. The number of rotatable bonds is 21. The number of phenols is 2. The van der Waals surface area contributed by atoms with Crippen molar-refractivity contribution in [3.63, 3.8) is 0 Å². The lowest BCUT2D eigenvalue weighted by Crippen LogP contribution is -2.82. The standard InChI is InChI=1S/C85H86N2O27/c1-40-55(111-80(103)72(98)66(45-22-13-10-14-23-45)87-77(100)46-24-15-11-16-25-46)38-85(105)76(113-79(102)47-26-17-12-18-27-47)74-82(8,75(99)73(109-43(4)89)65(40)81(85,6)7)57(35-58-84(74,39-107-58)114-44(5)90)112-59(92)33-32-53(91)48-28-19-20-29-49(48)78(101)86-52-34-60(108-41(2)67(52)93)110-56-37-83(104,42(3)88)36-51-62(56)71(97)64-63(69(51)95)68(94)50-30-21-31-54(106-9)61(50)70(64)96/h10-31,41,52,55-58,60,66-67,72-74,76,93,95,97-98,104-105H,32-39H2,1-9H3,(H,86,101)(H,87,100)/t41-,52-,55-,56-,57-,58+,60-,66-,67+,72+,73+,74-,76-,82+,83-,84-,85+/m0/s1. The number of methoxy groups -OCH3 is 1. The van der Waals surface area contributed by atoms with E-state index in [9.17, 15) is 78.6 Å². The van der Waals surface area contributed by atoms with Crippen LogP contribution in [0.4, 0.5) is 0 Å². The van der Waals surface area contributed by atoms with Gasteiger partial charge in [0.05, 0.1) is 83.6 Å². The Balaban J connectivity index is 0.786. The van der Waals surface area contributed by atoms with Gasteiger partial charge in [-0.2, -0.15) is 0 Å². The molecule has 13 rings (SSSR count). The van der Waals surface area contributed by atoms with Gasteiger partial charge in [-0.3, -0.25) is 47.9 Å². The van der Waals surface area contributed by atoms with Crippen molar-refractivity contribution in [2.24, 2.45) is 16.7 Å². The zero-order chi connectivity index (χ0) is 82.2. The first-order valence-corrected chi connectivity index (χ1v) is 37.2. The first kappa shape index (κ1) is 80.9. The highest BCUT2D eigenvalue weighted by molar-refractivity contribution is 6.31. The number of aliphatic hydroxyl groups is 4. The Labute approximate surface area is 653 Å². The van der Waals surface area contributed by atoms with Gasteiger partial charge in [-0.1, -0.05) is 111 Å². The molecule has 114 heavy (non-hydrogen) atoms. The summed E-state index contributed by atoms with van der Waals surface area (Å²) in [5.41, 5.74) is -13.6. The largest absolute Gasteiger partial charge is 0.507 e. The summed E-state index contributed by atoms with van der Waals surface area (Å²) in [6.45, 7) is 9.79. The molecule has 2 saturated carbocycles. The highest BCUT2D eigenvalue weighted by atomic mass is 16.7. The molecule has 8 N–H and O–H groups in total. The van der Waals surface area contributed by atoms with E-state index in [1.807, 2.05) is 0 Å². The first-order chi connectivity index (χ1) is 54.0. The van der Waals surface area contributed by atoms with E-state index >= 15 is 9.59 Å². The maximum absolute atomic E-state index is 16.7. The van der Waals surface area contributed by atoms with E-state index in [1.54, 1.807) is 54.6 Å². The number of hydrogen-bond acceptors (Lipinski definition) is 27. The summed E-state index contributed by atoms with van der Waals surface area (Å²) in [7, 11) is 1.27. The Bertz CT molecular complexity index is 4980. The smallest absolute Gasteiger partial charge is 0.338 e. The van der Waals surface area contributed by atoms with Crippen LogP contribution in [0.25, 0.3) is 0 Å². The lowest BCUT2D eigenvalue weighted by molar-refractivity contribution is -0.346. The lowest BCUT2D eigenvalue weighted by Gasteiger charge is -2.67. The van der Waals surface area contributed by atoms with Crippen LogP contribution in [0, 0.1) is 16.7 Å². The second-order valence-electron chi connectivity index (χ2n) is 30.8. The highest BCUT2D eigenvalue weighted by Gasteiger charge is 2.79. The van der Waals surface area contributed by atoms with Crippen molar-refractivity contribution in [3.8, 4) is 17.2 Å². The number of fused-ring (bicyclic) bond motifs is 8. The molecule has 0 aromatic heterocycles.